The molecule has 0 aliphatic heterocycles. The van der Waals surface area contributed by atoms with Gasteiger partial charge in [-0.05, 0) is 48.9 Å². The zero-order valence-electron chi connectivity index (χ0n) is 18.4. The quantitative estimate of drug-likeness (QED) is 0.454. The number of methoxy groups -OCH3 is 4. The van der Waals surface area contributed by atoms with Crippen LogP contribution >= 0.6 is 0 Å². The van der Waals surface area contributed by atoms with Crippen LogP contribution in [0.1, 0.15) is 12.5 Å². The van der Waals surface area contributed by atoms with Crippen molar-refractivity contribution >= 4 is 5.96 Å². The highest BCUT2D eigenvalue weighted by molar-refractivity contribution is 5.79. The molecule has 0 fully saturated rings. The van der Waals surface area contributed by atoms with E-state index in [1.807, 2.05) is 43.3 Å². The molecule has 0 amide bonds. The fraction of sp³-hybridized carbons (Fsp3) is 0.409. The van der Waals surface area contributed by atoms with E-state index >= 15 is 0 Å². The van der Waals surface area contributed by atoms with Gasteiger partial charge < -0.3 is 34.3 Å². The minimum absolute atomic E-state index is 0.0573. The predicted octanol–water partition coefficient (Wildman–Crippen LogP) is 2.85. The van der Waals surface area contributed by atoms with Crippen molar-refractivity contribution in [3.63, 3.8) is 0 Å². The third-order valence-corrected chi connectivity index (χ3v) is 4.36. The minimum Gasteiger partial charge on any atom is -0.497 e. The van der Waals surface area contributed by atoms with Gasteiger partial charge in [0.05, 0.1) is 35.0 Å². The van der Waals surface area contributed by atoms with Gasteiger partial charge in [0.15, 0.2) is 17.5 Å². The molecular weight excluding hydrogens is 386 g/mol. The Hall–Kier alpha value is -3.29. The van der Waals surface area contributed by atoms with Crippen molar-refractivity contribution in [3.8, 4) is 28.7 Å². The van der Waals surface area contributed by atoms with Gasteiger partial charge in [0.2, 0.25) is 5.75 Å². The number of ether oxygens (including phenoxy) is 5. The Labute approximate surface area is 178 Å². The van der Waals surface area contributed by atoms with Gasteiger partial charge >= 0.3 is 0 Å². The lowest BCUT2D eigenvalue weighted by atomic mass is 10.2. The Morgan fingerprint density at radius 2 is 1.47 bits per heavy atom. The molecule has 0 saturated carbocycles. The lowest BCUT2D eigenvalue weighted by Gasteiger charge is -2.18. The summed E-state index contributed by atoms with van der Waals surface area (Å²) in [6.07, 6.45) is -0.0573. The summed E-state index contributed by atoms with van der Waals surface area (Å²) < 4.78 is 27.2. The first-order chi connectivity index (χ1) is 14.5. The van der Waals surface area contributed by atoms with Gasteiger partial charge in [0.25, 0.3) is 0 Å². The fourth-order valence-corrected chi connectivity index (χ4v) is 2.81. The average molecular weight is 418 g/mol. The zero-order chi connectivity index (χ0) is 21.9. The molecule has 1 atom stereocenters. The smallest absolute Gasteiger partial charge is 0.203 e. The first-order valence-corrected chi connectivity index (χ1v) is 9.58. The first kappa shape index (κ1) is 23.0. The highest BCUT2D eigenvalue weighted by Gasteiger charge is 2.13. The van der Waals surface area contributed by atoms with Crippen molar-refractivity contribution in [2.24, 2.45) is 4.99 Å². The van der Waals surface area contributed by atoms with Crippen molar-refractivity contribution in [3.05, 3.63) is 42.0 Å². The second kappa shape index (κ2) is 11.6. The number of guanidine groups is 1. The van der Waals surface area contributed by atoms with Gasteiger partial charge in [-0.1, -0.05) is 0 Å². The number of nitrogens with zero attached hydrogens (tertiary/aromatic N) is 1. The molecule has 2 rings (SSSR count). The van der Waals surface area contributed by atoms with Crippen LogP contribution in [0.4, 0.5) is 0 Å². The Balaban J connectivity index is 1.90. The maximum Gasteiger partial charge on any atom is 0.203 e. The van der Waals surface area contributed by atoms with Crippen LogP contribution in [0.5, 0.6) is 28.7 Å². The van der Waals surface area contributed by atoms with Crippen LogP contribution in [0.15, 0.2) is 41.4 Å². The molecule has 0 aromatic heterocycles. The molecular formula is C22H31N3O5. The Bertz CT molecular complexity index is 799. The molecule has 0 heterocycles. The van der Waals surface area contributed by atoms with Crippen molar-refractivity contribution in [1.29, 1.82) is 0 Å². The van der Waals surface area contributed by atoms with E-state index in [9.17, 15) is 0 Å². The van der Waals surface area contributed by atoms with Crippen LogP contribution in [0.3, 0.4) is 0 Å². The molecule has 2 aromatic rings. The lowest BCUT2D eigenvalue weighted by molar-refractivity contribution is 0.223. The van der Waals surface area contributed by atoms with Crippen LogP contribution in [-0.2, 0) is 6.54 Å². The zero-order valence-corrected chi connectivity index (χ0v) is 18.4. The fourth-order valence-electron chi connectivity index (χ4n) is 2.81. The highest BCUT2D eigenvalue weighted by Crippen LogP contribution is 2.38. The van der Waals surface area contributed by atoms with E-state index < -0.39 is 0 Å². The number of rotatable bonds is 10. The molecule has 0 saturated heterocycles. The summed E-state index contributed by atoms with van der Waals surface area (Å²) in [5, 5.41) is 6.54. The monoisotopic (exact) mass is 417 g/mol. The Morgan fingerprint density at radius 1 is 0.867 bits per heavy atom. The van der Waals surface area contributed by atoms with Gasteiger partial charge in [-0.15, -0.1) is 0 Å². The molecule has 8 heteroatoms. The van der Waals surface area contributed by atoms with Crippen molar-refractivity contribution in [1.82, 2.24) is 10.6 Å². The molecule has 30 heavy (non-hydrogen) atoms. The molecule has 0 spiro atoms. The van der Waals surface area contributed by atoms with Crippen LogP contribution < -0.4 is 34.3 Å². The highest BCUT2D eigenvalue weighted by atomic mass is 16.5. The van der Waals surface area contributed by atoms with E-state index in [0.717, 1.165) is 17.1 Å². The van der Waals surface area contributed by atoms with E-state index in [1.165, 1.54) is 0 Å². The normalized spacial score (nSPS) is 12.0. The summed E-state index contributed by atoms with van der Waals surface area (Å²) in [4.78, 5) is 4.26. The van der Waals surface area contributed by atoms with Crippen LogP contribution in [-0.4, -0.2) is 54.1 Å². The number of benzene rings is 2. The van der Waals surface area contributed by atoms with Gasteiger partial charge in [-0.3, -0.25) is 4.99 Å². The molecule has 0 aliphatic carbocycles. The maximum absolute atomic E-state index is 5.91. The molecule has 2 N–H and O–H groups in total. The first-order valence-electron chi connectivity index (χ1n) is 9.58. The van der Waals surface area contributed by atoms with E-state index in [4.69, 9.17) is 23.7 Å². The van der Waals surface area contributed by atoms with Gasteiger partial charge in [0, 0.05) is 13.6 Å². The van der Waals surface area contributed by atoms with Crippen LogP contribution in [0.25, 0.3) is 0 Å². The summed E-state index contributed by atoms with van der Waals surface area (Å²) in [7, 11) is 8.14. The Morgan fingerprint density at radius 3 is 1.97 bits per heavy atom. The second-order valence-electron chi connectivity index (χ2n) is 6.44. The van der Waals surface area contributed by atoms with Gasteiger partial charge in [-0.25, -0.2) is 0 Å². The van der Waals surface area contributed by atoms with Crippen molar-refractivity contribution in [2.75, 3.05) is 42.0 Å². The van der Waals surface area contributed by atoms with E-state index in [-0.39, 0.29) is 6.10 Å². The van der Waals surface area contributed by atoms with Gasteiger partial charge in [0.1, 0.15) is 17.6 Å². The number of hydrogen-bond acceptors (Lipinski definition) is 6. The van der Waals surface area contributed by atoms with Crippen LogP contribution in [0.2, 0.25) is 0 Å². The number of hydrogen-bond donors (Lipinski definition) is 2. The average Bonchev–Trinajstić information content (AvgIpc) is 2.78. The summed E-state index contributed by atoms with van der Waals surface area (Å²) in [6, 6.07) is 11.3. The number of aliphatic imine (C=N–C) groups is 1. The largest absolute Gasteiger partial charge is 0.497 e. The van der Waals surface area contributed by atoms with Crippen molar-refractivity contribution < 1.29 is 23.7 Å². The second-order valence-corrected chi connectivity index (χ2v) is 6.44. The van der Waals surface area contributed by atoms with Crippen LogP contribution in [0, 0.1) is 0 Å². The topological polar surface area (TPSA) is 82.6 Å². The Kier molecular flexibility index (Phi) is 8.93. The molecule has 0 aliphatic rings. The molecule has 8 nitrogen and oxygen atoms in total. The lowest BCUT2D eigenvalue weighted by Crippen LogP contribution is -2.41. The van der Waals surface area contributed by atoms with E-state index in [1.54, 1.807) is 35.5 Å². The predicted molar refractivity (Wildman–Crippen MR) is 117 cm³/mol. The van der Waals surface area contributed by atoms with E-state index in [0.29, 0.717) is 36.3 Å². The number of nitrogens with one attached hydrogen (secondary N) is 2. The summed E-state index contributed by atoms with van der Waals surface area (Å²) in [5.74, 6) is 4.02. The molecule has 0 bridgehead atoms. The van der Waals surface area contributed by atoms with Crippen molar-refractivity contribution in [2.45, 2.75) is 19.6 Å². The summed E-state index contributed by atoms with van der Waals surface area (Å²) >= 11 is 0. The molecule has 1 unspecified atom stereocenters. The summed E-state index contributed by atoms with van der Waals surface area (Å²) in [5.41, 5.74) is 0.968. The molecule has 2 aromatic carbocycles. The third kappa shape index (κ3) is 6.37. The maximum atomic E-state index is 5.91. The van der Waals surface area contributed by atoms with E-state index in [2.05, 4.69) is 15.6 Å². The van der Waals surface area contributed by atoms with Gasteiger partial charge in [-0.2, -0.15) is 0 Å². The SMILES string of the molecule is CN=C(NCc1cc(OC)c(OC)c(OC)c1)NCC(C)Oc1ccc(OC)cc1. The standard InChI is InChI=1S/C22H31N3O5/c1-15(30-18-9-7-17(26-3)8-10-18)13-24-22(23-2)25-14-16-11-19(27-4)21(29-6)20(12-16)28-5/h7-12,15H,13-14H2,1-6H3,(H2,23,24,25). The molecule has 164 valence electrons. The molecule has 0 radical (unpaired) electrons. The minimum atomic E-state index is -0.0573. The summed E-state index contributed by atoms with van der Waals surface area (Å²) in [6.45, 7) is 3.11. The third-order valence-electron chi connectivity index (χ3n) is 4.36.